The molecule has 0 radical (unpaired) electrons. The molecule has 0 bridgehead atoms. The zero-order valence-electron chi connectivity index (χ0n) is 16.9. The fraction of sp³-hybridized carbons (Fsp3) is 0.0870. The second-order valence-electron chi connectivity index (χ2n) is 6.96. The van der Waals surface area contributed by atoms with Gasteiger partial charge in [0.2, 0.25) is 10.7 Å². The Bertz CT molecular complexity index is 1490. The van der Waals surface area contributed by atoms with Crippen LogP contribution in [0.2, 0.25) is 0 Å². The van der Waals surface area contributed by atoms with Gasteiger partial charge in [0.15, 0.2) is 0 Å². The third-order valence-electron chi connectivity index (χ3n) is 4.95. The lowest BCUT2D eigenvalue weighted by atomic mass is 10.1. The summed E-state index contributed by atoms with van der Waals surface area (Å²) < 4.78 is 6.04. The highest BCUT2D eigenvalue weighted by molar-refractivity contribution is 7.13. The molecule has 0 aliphatic rings. The number of thiazole rings is 2. The Balaban J connectivity index is 1.67. The second kappa shape index (κ2) is 8.45. The number of hydrogen-bond donors (Lipinski definition) is 0. The van der Waals surface area contributed by atoms with Crippen molar-refractivity contribution in [2.45, 2.75) is 13.3 Å². The zero-order valence-corrected chi connectivity index (χ0v) is 18.5. The van der Waals surface area contributed by atoms with Gasteiger partial charge in [0.1, 0.15) is 10.6 Å². The van der Waals surface area contributed by atoms with Crippen molar-refractivity contribution < 1.29 is 9.34 Å². The molecule has 0 saturated carbocycles. The Labute approximate surface area is 190 Å². The van der Waals surface area contributed by atoms with E-state index in [0.29, 0.717) is 32.2 Å². The van der Waals surface area contributed by atoms with Crippen molar-refractivity contribution in [3.05, 3.63) is 86.7 Å². The number of nitrogens with zero attached hydrogens (tertiary/aromatic N) is 4. The minimum absolute atomic E-state index is 0.000830. The average molecular weight is 461 g/mol. The Hall–Kier alpha value is -3.69. The second-order valence-corrected chi connectivity index (χ2v) is 8.69. The lowest BCUT2D eigenvalue weighted by molar-refractivity contribution is -0.384. The predicted octanol–water partition coefficient (Wildman–Crippen LogP) is 6.38. The standard InChI is InChI=1S/C23H16N4O3S2/c1-2-14-3-5-15(6-4-14)19-13-32-22(25-19)18-12-16-11-17(27(28)29)7-8-20(16)30-21(18)26-23-24-9-10-31-23/h3-13H,2H2,1H3/b26-21-. The summed E-state index contributed by atoms with van der Waals surface area (Å²) in [5.41, 5.74) is 4.67. The van der Waals surface area contributed by atoms with Gasteiger partial charge < -0.3 is 4.42 Å². The van der Waals surface area contributed by atoms with Gasteiger partial charge in [-0.3, -0.25) is 10.1 Å². The SMILES string of the molecule is CCc1ccc(-c2csc(-c3cc4cc([N+](=O)[O-])ccc4o/c3=N\c3nccs3)n2)cc1. The van der Waals surface area contributed by atoms with Crippen molar-refractivity contribution >= 4 is 44.5 Å². The van der Waals surface area contributed by atoms with Crippen LogP contribution in [0.4, 0.5) is 10.8 Å². The molecule has 3 heterocycles. The average Bonchev–Trinajstić information content (AvgIpc) is 3.51. The Morgan fingerprint density at radius 2 is 1.97 bits per heavy atom. The maximum atomic E-state index is 11.2. The molecular weight excluding hydrogens is 444 g/mol. The fourth-order valence-corrected chi connectivity index (χ4v) is 4.60. The molecule has 3 aromatic heterocycles. The van der Waals surface area contributed by atoms with E-state index < -0.39 is 4.92 Å². The molecule has 0 N–H and O–H groups in total. The van der Waals surface area contributed by atoms with Gasteiger partial charge in [-0.15, -0.1) is 22.7 Å². The molecule has 32 heavy (non-hydrogen) atoms. The van der Waals surface area contributed by atoms with Crippen LogP contribution in [0, 0.1) is 10.1 Å². The molecule has 0 unspecified atom stereocenters. The molecule has 2 aromatic carbocycles. The molecule has 9 heteroatoms. The van der Waals surface area contributed by atoms with Crippen LogP contribution in [0.15, 0.2) is 74.9 Å². The molecule has 0 amide bonds. The molecule has 7 nitrogen and oxygen atoms in total. The van der Waals surface area contributed by atoms with Crippen LogP contribution in [0.25, 0.3) is 32.8 Å². The molecular formula is C23H16N4O3S2. The van der Waals surface area contributed by atoms with E-state index in [9.17, 15) is 10.1 Å². The predicted molar refractivity (Wildman–Crippen MR) is 126 cm³/mol. The van der Waals surface area contributed by atoms with Crippen LogP contribution in [0.5, 0.6) is 0 Å². The number of non-ortho nitro benzene ring substituents is 1. The Kier molecular flexibility index (Phi) is 5.34. The molecule has 158 valence electrons. The van der Waals surface area contributed by atoms with Gasteiger partial charge in [-0.05, 0) is 24.1 Å². The van der Waals surface area contributed by atoms with Gasteiger partial charge in [-0.25, -0.2) is 9.97 Å². The van der Waals surface area contributed by atoms with Crippen molar-refractivity contribution in [2.75, 3.05) is 0 Å². The Morgan fingerprint density at radius 3 is 2.69 bits per heavy atom. The molecule has 0 spiro atoms. The molecule has 0 fully saturated rings. The lowest BCUT2D eigenvalue weighted by Crippen LogP contribution is -2.05. The molecule has 0 aliphatic heterocycles. The highest BCUT2D eigenvalue weighted by atomic mass is 32.1. The maximum Gasteiger partial charge on any atom is 0.270 e. The molecule has 0 atom stereocenters. The van der Waals surface area contributed by atoms with E-state index in [1.807, 2.05) is 16.8 Å². The lowest BCUT2D eigenvalue weighted by Gasteiger charge is -2.03. The summed E-state index contributed by atoms with van der Waals surface area (Å²) >= 11 is 2.87. The number of rotatable bonds is 5. The van der Waals surface area contributed by atoms with Crippen LogP contribution in [-0.2, 0) is 6.42 Å². The minimum atomic E-state index is -0.422. The Morgan fingerprint density at radius 1 is 1.12 bits per heavy atom. The summed E-state index contributed by atoms with van der Waals surface area (Å²) in [5, 5.41) is 16.9. The van der Waals surface area contributed by atoms with Gasteiger partial charge in [0.25, 0.3) is 5.69 Å². The van der Waals surface area contributed by atoms with Gasteiger partial charge in [0.05, 0.1) is 16.2 Å². The number of aromatic nitrogens is 2. The highest BCUT2D eigenvalue weighted by Crippen LogP contribution is 2.30. The minimum Gasteiger partial charge on any atom is -0.438 e. The monoisotopic (exact) mass is 460 g/mol. The summed E-state index contributed by atoms with van der Waals surface area (Å²) in [4.78, 5) is 24.4. The van der Waals surface area contributed by atoms with Gasteiger partial charge in [-0.1, -0.05) is 31.2 Å². The van der Waals surface area contributed by atoms with Crippen LogP contribution >= 0.6 is 22.7 Å². The van der Waals surface area contributed by atoms with Crippen LogP contribution in [0.3, 0.4) is 0 Å². The van der Waals surface area contributed by atoms with E-state index >= 15 is 0 Å². The van der Waals surface area contributed by atoms with E-state index in [0.717, 1.165) is 17.7 Å². The fourth-order valence-electron chi connectivity index (χ4n) is 3.27. The summed E-state index contributed by atoms with van der Waals surface area (Å²) in [6.07, 6.45) is 2.66. The third-order valence-corrected chi connectivity index (χ3v) is 6.49. The van der Waals surface area contributed by atoms with E-state index in [2.05, 4.69) is 41.2 Å². The normalized spacial score (nSPS) is 11.8. The molecule has 0 aliphatic carbocycles. The maximum absolute atomic E-state index is 11.2. The highest BCUT2D eigenvalue weighted by Gasteiger charge is 2.15. The number of nitro groups is 1. The first-order valence-electron chi connectivity index (χ1n) is 9.82. The largest absolute Gasteiger partial charge is 0.438 e. The number of nitro benzene ring substituents is 1. The summed E-state index contributed by atoms with van der Waals surface area (Å²) in [5.74, 6) is 0. The van der Waals surface area contributed by atoms with E-state index in [1.54, 1.807) is 12.3 Å². The smallest absolute Gasteiger partial charge is 0.270 e. The van der Waals surface area contributed by atoms with E-state index in [-0.39, 0.29) is 5.69 Å². The molecule has 5 aromatic rings. The van der Waals surface area contributed by atoms with Crippen molar-refractivity contribution in [1.82, 2.24) is 9.97 Å². The quantitative estimate of drug-likeness (QED) is 0.224. The summed E-state index contributed by atoms with van der Waals surface area (Å²) in [6.45, 7) is 2.12. The number of benzene rings is 2. The van der Waals surface area contributed by atoms with Crippen molar-refractivity contribution in [1.29, 1.82) is 0 Å². The number of hydrogen-bond acceptors (Lipinski definition) is 8. The van der Waals surface area contributed by atoms with Crippen molar-refractivity contribution in [3.8, 4) is 21.8 Å². The van der Waals surface area contributed by atoms with E-state index in [1.165, 1.54) is 40.4 Å². The zero-order chi connectivity index (χ0) is 22.1. The molecule has 5 rings (SSSR count). The first-order valence-corrected chi connectivity index (χ1v) is 11.6. The van der Waals surface area contributed by atoms with Gasteiger partial charge in [0, 0.05) is 40.0 Å². The molecule has 0 saturated heterocycles. The summed E-state index contributed by atoms with van der Waals surface area (Å²) in [7, 11) is 0. The number of aryl methyl sites for hydroxylation is 1. The van der Waals surface area contributed by atoms with Crippen LogP contribution in [0.1, 0.15) is 12.5 Å². The van der Waals surface area contributed by atoms with Crippen molar-refractivity contribution in [2.24, 2.45) is 4.99 Å². The third kappa shape index (κ3) is 3.95. The summed E-state index contributed by atoms with van der Waals surface area (Å²) in [6, 6.07) is 14.7. The number of fused-ring (bicyclic) bond motifs is 1. The van der Waals surface area contributed by atoms with Crippen LogP contribution < -0.4 is 5.55 Å². The van der Waals surface area contributed by atoms with Gasteiger partial charge in [-0.2, -0.15) is 4.99 Å². The van der Waals surface area contributed by atoms with Crippen molar-refractivity contribution in [3.63, 3.8) is 0 Å². The topological polar surface area (TPSA) is 94.4 Å². The van der Waals surface area contributed by atoms with Crippen LogP contribution in [-0.4, -0.2) is 14.9 Å². The first-order chi connectivity index (χ1) is 15.6. The van der Waals surface area contributed by atoms with E-state index in [4.69, 9.17) is 9.40 Å². The van der Waals surface area contributed by atoms with Gasteiger partial charge >= 0.3 is 0 Å². The first kappa shape index (κ1) is 20.2.